The molecule has 4 heteroatoms. The number of carbonyl (C=O) groups is 1. The first-order valence-corrected chi connectivity index (χ1v) is 6.77. The standard InChI is InChI=1S/C13H27N3O/c1-11(2)15(3)8-4-5-9-16-10-6-7-12(14)13(16)17/h11-12H,4-10,14H2,1-3H3. The van der Waals surface area contributed by atoms with E-state index in [0.29, 0.717) is 6.04 Å². The Morgan fingerprint density at radius 3 is 2.82 bits per heavy atom. The summed E-state index contributed by atoms with van der Waals surface area (Å²) in [5.41, 5.74) is 5.76. The molecule has 1 atom stereocenters. The molecule has 2 N–H and O–H groups in total. The number of nitrogens with zero attached hydrogens (tertiary/aromatic N) is 2. The van der Waals surface area contributed by atoms with E-state index in [-0.39, 0.29) is 11.9 Å². The van der Waals surface area contributed by atoms with Crippen LogP contribution >= 0.6 is 0 Å². The van der Waals surface area contributed by atoms with Crippen LogP contribution in [0.15, 0.2) is 0 Å². The number of rotatable bonds is 6. The van der Waals surface area contributed by atoms with Crippen LogP contribution in [0.1, 0.15) is 39.5 Å². The molecule has 0 aromatic rings. The first-order chi connectivity index (χ1) is 8.02. The van der Waals surface area contributed by atoms with Gasteiger partial charge in [0.1, 0.15) is 0 Å². The summed E-state index contributed by atoms with van der Waals surface area (Å²) in [6.07, 6.45) is 4.13. The molecule has 1 aliphatic rings. The molecule has 1 aliphatic heterocycles. The summed E-state index contributed by atoms with van der Waals surface area (Å²) in [5, 5.41) is 0. The van der Waals surface area contributed by atoms with Gasteiger partial charge in [0.25, 0.3) is 0 Å². The number of amides is 1. The molecular weight excluding hydrogens is 214 g/mol. The number of hydrogen-bond acceptors (Lipinski definition) is 3. The minimum absolute atomic E-state index is 0.147. The van der Waals surface area contributed by atoms with Crippen LogP contribution in [0.4, 0.5) is 0 Å². The molecule has 1 rings (SSSR count). The molecule has 100 valence electrons. The largest absolute Gasteiger partial charge is 0.341 e. The maximum atomic E-state index is 11.8. The molecule has 4 nitrogen and oxygen atoms in total. The third-order valence-electron chi connectivity index (χ3n) is 3.64. The van der Waals surface area contributed by atoms with Gasteiger partial charge in [0.2, 0.25) is 5.91 Å². The fourth-order valence-corrected chi connectivity index (χ4v) is 2.11. The summed E-state index contributed by atoms with van der Waals surface area (Å²) in [4.78, 5) is 16.0. The molecule has 0 spiro atoms. The molecular formula is C13H27N3O. The van der Waals surface area contributed by atoms with Gasteiger partial charge in [-0.25, -0.2) is 0 Å². The van der Waals surface area contributed by atoms with E-state index < -0.39 is 0 Å². The Labute approximate surface area is 105 Å². The minimum Gasteiger partial charge on any atom is -0.341 e. The van der Waals surface area contributed by atoms with Gasteiger partial charge in [0.15, 0.2) is 0 Å². The number of piperidine rings is 1. The summed E-state index contributed by atoms with van der Waals surface area (Å²) in [7, 11) is 2.15. The van der Waals surface area contributed by atoms with Crippen molar-refractivity contribution in [2.24, 2.45) is 5.73 Å². The number of unbranched alkanes of at least 4 members (excludes halogenated alkanes) is 1. The summed E-state index contributed by atoms with van der Waals surface area (Å²) < 4.78 is 0. The molecule has 1 heterocycles. The van der Waals surface area contributed by atoms with Gasteiger partial charge < -0.3 is 15.5 Å². The Kier molecular flexibility index (Phi) is 5.92. The smallest absolute Gasteiger partial charge is 0.239 e. The second kappa shape index (κ2) is 6.97. The molecule has 1 amide bonds. The Balaban J connectivity index is 2.16. The van der Waals surface area contributed by atoms with Gasteiger partial charge in [-0.1, -0.05) is 0 Å². The molecule has 0 bridgehead atoms. The highest BCUT2D eigenvalue weighted by Crippen LogP contribution is 2.11. The van der Waals surface area contributed by atoms with Crippen molar-refractivity contribution in [1.29, 1.82) is 0 Å². The second-order valence-electron chi connectivity index (χ2n) is 5.36. The maximum absolute atomic E-state index is 11.8. The van der Waals surface area contributed by atoms with Gasteiger partial charge in [-0.3, -0.25) is 4.79 Å². The topological polar surface area (TPSA) is 49.6 Å². The number of nitrogens with two attached hydrogens (primary N) is 1. The van der Waals surface area contributed by atoms with Crippen molar-refractivity contribution in [2.75, 3.05) is 26.7 Å². The lowest BCUT2D eigenvalue weighted by atomic mass is 10.1. The molecule has 0 saturated carbocycles. The lowest BCUT2D eigenvalue weighted by Gasteiger charge is -2.30. The average Bonchev–Trinajstić information content (AvgIpc) is 2.29. The predicted molar refractivity (Wildman–Crippen MR) is 70.8 cm³/mol. The average molecular weight is 241 g/mol. The lowest BCUT2D eigenvalue weighted by Crippen LogP contribution is -2.48. The van der Waals surface area contributed by atoms with Gasteiger partial charge in [0.05, 0.1) is 6.04 Å². The van der Waals surface area contributed by atoms with Crippen molar-refractivity contribution < 1.29 is 4.79 Å². The molecule has 0 aromatic heterocycles. The Morgan fingerprint density at radius 2 is 2.18 bits per heavy atom. The summed E-state index contributed by atoms with van der Waals surface area (Å²) in [6.45, 7) is 7.27. The van der Waals surface area contributed by atoms with E-state index in [9.17, 15) is 4.79 Å². The van der Waals surface area contributed by atoms with Crippen LogP contribution in [0.2, 0.25) is 0 Å². The number of likely N-dealkylation sites (tertiary alicyclic amines) is 1. The van der Waals surface area contributed by atoms with E-state index in [1.54, 1.807) is 0 Å². The van der Waals surface area contributed by atoms with Gasteiger partial charge >= 0.3 is 0 Å². The highest BCUT2D eigenvalue weighted by molar-refractivity contribution is 5.82. The van der Waals surface area contributed by atoms with Crippen molar-refractivity contribution in [2.45, 2.75) is 51.6 Å². The van der Waals surface area contributed by atoms with Crippen LogP contribution < -0.4 is 5.73 Å². The van der Waals surface area contributed by atoms with Gasteiger partial charge in [-0.2, -0.15) is 0 Å². The third-order valence-corrected chi connectivity index (χ3v) is 3.64. The summed E-state index contributed by atoms with van der Waals surface area (Å²) in [6, 6.07) is 0.349. The third kappa shape index (κ3) is 4.64. The number of hydrogen-bond donors (Lipinski definition) is 1. The highest BCUT2D eigenvalue weighted by Gasteiger charge is 2.24. The summed E-state index contributed by atoms with van der Waals surface area (Å²) >= 11 is 0. The van der Waals surface area contributed by atoms with Crippen LogP contribution in [0.5, 0.6) is 0 Å². The summed E-state index contributed by atoms with van der Waals surface area (Å²) in [5.74, 6) is 0.147. The predicted octanol–water partition coefficient (Wildman–Crippen LogP) is 1.06. The zero-order valence-corrected chi connectivity index (χ0v) is 11.5. The van der Waals surface area contributed by atoms with Crippen LogP contribution in [0.25, 0.3) is 0 Å². The van der Waals surface area contributed by atoms with Crippen molar-refractivity contribution in [3.8, 4) is 0 Å². The van der Waals surface area contributed by atoms with Gasteiger partial charge in [-0.05, 0) is 53.1 Å². The first kappa shape index (κ1) is 14.5. The highest BCUT2D eigenvalue weighted by atomic mass is 16.2. The monoisotopic (exact) mass is 241 g/mol. The van der Waals surface area contributed by atoms with E-state index in [2.05, 4.69) is 25.8 Å². The molecule has 1 saturated heterocycles. The molecule has 0 radical (unpaired) electrons. The zero-order chi connectivity index (χ0) is 12.8. The quantitative estimate of drug-likeness (QED) is 0.707. The van der Waals surface area contributed by atoms with E-state index in [4.69, 9.17) is 5.73 Å². The van der Waals surface area contributed by atoms with E-state index in [1.807, 2.05) is 4.90 Å². The van der Waals surface area contributed by atoms with Crippen LogP contribution in [-0.4, -0.2) is 54.5 Å². The minimum atomic E-state index is -0.248. The van der Waals surface area contributed by atoms with Crippen LogP contribution in [0, 0.1) is 0 Å². The van der Waals surface area contributed by atoms with Crippen molar-refractivity contribution in [3.05, 3.63) is 0 Å². The molecule has 0 aliphatic carbocycles. The lowest BCUT2D eigenvalue weighted by molar-refractivity contribution is -0.134. The SMILES string of the molecule is CC(C)N(C)CCCCN1CCCC(N)C1=O. The van der Waals surface area contributed by atoms with Gasteiger partial charge in [-0.15, -0.1) is 0 Å². The zero-order valence-electron chi connectivity index (χ0n) is 11.5. The van der Waals surface area contributed by atoms with E-state index in [1.165, 1.54) is 0 Å². The first-order valence-electron chi connectivity index (χ1n) is 6.77. The van der Waals surface area contributed by atoms with Crippen molar-refractivity contribution in [3.63, 3.8) is 0 Å². The van der Waals surface area contributed by atoms with E-state index in [0.717, 1.165) is 45.3 Å². The van der Waals surface area contributed by atoms with Crippen molar-refractivity contribution >= 4 is 5.91 Å². The van der Waals surface area contributed by atoms with Crippen LogP contribution in [0.3, 0.4) is 0 Å². The molecule has 1 unspecified atom stereocenters. The number of carbonyl (C=O) groups excluding carboxylic acids is 1. The molecule has 1 fully saturated rings. The molecule has 17 heavy (non-hydrogen) atoms. The second-order valence-corrected chi connectivity index (χ2v) is 5.36. The van der Waals surface area contributed by atoms with E-state index >= 15 is 0 Å². The fraction of sp³-hybridized carbons (Fsp3) is 0.923. The molecule has 0 aromatic carbocycles. The van der Waals surface area contributed by atoms with Crippen molar-refractivity contribution in [1.82, 2.24) is 9.80 Å². The van der Waals surface area contributed by atoms with Crippen LogP contribution in [-0.2, 0) is 4.79 Å². The fourth-order valence-electron chi connectivity index (χ4n) is 2.11. The normalized spacial score (nSPS) is 21.6. The Morgan fingerprint density at radius 1 is 1.47 bits per heavy atom. The van der Waals surface area contributed by atoms with Gasteiger partial charge in [0, 0.05) is 19.1 Å². The Bertz CT molecular complexity index is 243. The maximum Gasteiger partial charge on any atom is 0.239 e. The Hall–Kier alpha value is -0.610.